The summed E-state index contributed by atoms with van der Waals surface area (Å²) in [6, 6.07) is 28.2. The predicted octanol–water partition coefficient (Wildman–Crippen LogP) is 6.07. The predicted molar refractivity (Wildman–Crippen MR) is 157 cm³/mol. The molecule has 0 aromatic heterocycles. The minimum absolute atomic E-state index is 0.0500. The van der Waals surface area contributed by atoms with Crippen molar-refractivity contribution >= 4 is 7.60 Å². The molecule has 0 amide bonds. The van der Waals surface area contributed by atoms with Crippen LogP contribution in [0.15, 0.2) is 91.0 Å². The van der Waals surface area contributed by atoms with Gasteiger partial charge in [-0.3, -0.25) is 4.57 Å². The second-order valence-electron chi connectivity index (χ2n) is 9.96. The van der Waals surface area contributed by atoms with Crippen LogP contribution in [-0.4, -0.2) is 61.4 Å². The molecule has 0 radical (unpaired) electrons. The van der Waals surface area contributed by atoms with Gasteiger partial charge in [-0.15, -0.1) is 0 Å². The van der Waals surface area contributed by atoms with E-state index in [-0.39, 0.29) is 39.6 Å². The van der Waals surface area contributed by atoms with Crippen molar-refractivity contribution in [2.24, 2.45) is 0 Å². The number of aliphatic hydroxyl groups excluding tert-OH is 1. The smallest absolute Gasteiger partial charge is 0.367 e. The van der Waals surface area contributed by atoms with Crippen LogP contribution in [0.3, 0.4) is 0 Å². The van der Waals surface area contributed by atoms with Crippen LogP contribution in [0.1, 0.15) is 30.5 Å². The minimum Gasteiger partial charge on any atom is -0.394 e. The van der Waals surface area contributed by atoms with E-state index in [9.17, 15) is 9.67 Å². The Morgan fingerprint density at radius 2 is 1.29 bits per heavy atom. The summed E-state index contributed by atoms with van der Waals surface area (Å²) in [5.74, 6) is -2.32. The number of benzene rings is 3. The molecule has 1 unspecified atom stereocenters. The fraction of sp³-hybridized carbons (Fsp3) is 0.438. The molecule has 1 aliphatic heterocycles. The van der Waals surface area contributed by atoms with Gasteiger partial charge in [0, 0.05) is 0 Å². The van der Waals surface area contributed by atoms with Gasteiger partial charge in [-0.1, -0.05) is 91.0 Å². The van der Waals surface area contributed by atoms with E-state index in [2.05, 4.69) is 0 Å². The largest absolute Gasteiger partial charge is 0.394 e. The zero-order chi connectivity index (χ0) is 29.8. The second-order valence-corrected chi connectivity index (χ2v) is 12.0. The Bertz CT molecular complexity index is 1230. The monoisotopic (exact) mass is 602 g/mol. The normalized spacial score (nSPS) is 23.2. The number of hydrogen-bond donors (Lipinski definition) is 1. The summed E-state index contributed by atoms with van der Waals surface area (Å²) in [6.45, 7) is 2.63. The Kier molecular flexibility index (Phi) is 12.2. The number of rotatable bonds is 17. The van der Waals surface area contributed by atoms with Crippen LogP contribution in [0.25, 0.3) is 0 Å². The zero-order valence-corrected chi connectivity index (χ0v) is 24.9. The topological polar surface area (TPSA) is 92.7 Å². The molecule has 1 fully saturated rings. The maximum atomic E-state index is 17.0. The Morgan fingerprint density at radius 3 is 1.76 bits per heavy atom. The maximum absolute atomic E-state index is 17.0. The molecular weight excluding hydrogens is 562 g/mol. The highest BCUT2D eigenvalue weighted by atomic mass is 31.2. The van der Waals surface area contributed by atoms with Crippen LogP contribution in [0.2, 0.25) is 0 Å². The summed E-state index contributed by atoms with van der Waals surface area (Å²) in [4.78, 5) is 0. The third-order valence-electron chi connectivity index (χ3n) is 6.99. The fourth-order valence-corrected chi connectivity index (χ4v) is 6.94. The Hall–Kier alpha value is -2.46. The summed E-state index contributed by atoms with van der Waals surface area (Å²) in [5.41, 5.74) is 0.563. The molecule has 0 saturated carbocycles. The molecule has 0 aliphatic carbocycles. The maximum Gasteiger partial charge on any atom is 0.367 e. The summed E-state index contributed by atoms with van der Waals surface area (Å²) in [7, 11) is -4.40. The van der Waals surface area contributed by atoms with Gasteiger partial charge in [0.05, 0.1) is 46.2 Å². The van der Waals surface area contributed by atoms with E-state index < -0.39 is 44.0 Å². The van der Waals surface area contributed by atoms with Gasteiger partial charge in [0.25, 0.3) is 0 Å². The molecular formula is C32H40FO8P. The van der Waals surface area contributed by atoms with Gasteiger partial charge in [0.1, 0.15) is 18.3 Å². The van der Waals surface area contributed by atoms with Crippen molar-refractivity contribution in [2.45, 2.75) is 63.5 Å². The summed E-state index contributed by atoms with van der Waals surface area (Å²) in [6.07, 6.45) is -3.10. The average molecular weight is 603 g/mol. The highest BCUT2D eigenvalue weighted by molar-refractivity contribution is 7.54. The number of halogens is 1. The second kappa shape index (κ2) is 15.8. The molecule has 3 aromatic rings. The molecule has 10 heteroatoms. The van der Waals surface area contributed by atoms with E-state index >= 15 is 4.39 Å². The third kappa shape index (κ3) is 7.92. The fourth-order valence-electron chi connectivity index (χ4n) is 5.06. The third-order valence-corrected chi connectivity index (χ3v) is 9.22. The van der Waals surface area contributed by atoms with Gasteiger partial charge in [0.2, 0.25) is 5.91 Å². The molecule has 5 atom stereocenters. The number of alkyl halides is 1. The first-order valence-electron chi connectivity index (χ1n) is 14.2. The van der Waals surface area contributed by atoms with Gasteiger partial charge in [0.15, 0.2) is 5.60 Å². The van der Waals surface area contributed by atoms with Crippen molar-refractivity contribution in [1.29, 1.82) is 0 Å². The molecule has 8 nitrogen and oxygen atoms in total. The van der Waals surface area contributed by atoms with Crippen molar-refractivity contribution in [3.8, 4) is 0 Å². The SMILES string of the molecule is CCOP(=O)(OCC)C(F)[C@]1(COCc2ccccc2)O[C@H](CO)[C@@H](OCc2ccccc2)[C@@H]1OCc1ccccc1. The lowest BCUT2D eigenvalue weighted by molar-refractivity contribution is -0.172. The lowest BCUT2D eigenvalue weighted by atomic mass is 9.95. The minimum atomic E-state index is -4.40. The van der Waals surface area contributed by atoms with Crippen molar-refractivity contribution in [3.63, 3.8) is 0 Å². The van der Waals surface area contributed by atoms with E-state index in [1.807, 2.05) is 91.0 Å². The molecule has 1 aliphatic rings. The van der Waals surface area contributed by atoms with Crippen molar-refractivity contribution in [3.05, 3.63) is 108 Å². The van der Waals surface area contributed by atoms with E-state index in [1.54, 1.807) is 13.8 Å². The van der Waals surface area contributed by atoms with Crippen LogP contribution in [0.5, 0.6) is 0 Å². The zero-order valence-electron chi connectivity index (χ0n) is 24.0. The quantitative estimate of drug-likeness (QED) is 0.186. The van der Waals surface area contributed by atoms with E-state index in [1.165, 1.54) is 0 Å². The summed E-state index contributed by atoms with van der Waals surface area (Å²) < 4.78 is 66.9. The lowest BCUT2D eigenvalue weighted by Crippen LogP contribution is -2.55. The van der Waals surface area contributed by atoms with Crippen LogP contribution in [-0.2, 0) is 52.4 Å². The molecule has 3 aromatic carbocycles. The Labute approximate surface area is 247 Å². The van der Waals surface area contributed by atoms with Crippen molar-refractivity contribution in [1.82, 2.24) is 0 Å². The molecule has 1 N–H and O–H groups in total. The standard InChI is InChI=1S/C32H40FO8P/c1-3-39-42(35,40-4-2)31(33)32(24-36-21-25-14-8-5-9-15-25)30(38-23-27-18-12-7-13-19-27)29(28(20-34)41-32)37-22-26-16-10-6-11-17-26/h5-19,28-31,34H,3-4,20-24H2,1-2H3/t28-,29-,30+,31?,32-/m1/s1. The highest BCUT2D eigenvalue weighted by Crippen LogP contribution is 2.60. The first-order valence-corrected chi connectivity index (χ1v) is 15.8. The number of aliphatic hydroxyl groups is 1. The van der Waals surface area contributed by atoms with Crippen molar-refractivity contribution < 1.29 is 42.1 Å². The van der Waals surface area contributed by atoms with Gasteiger partial charge < -0.3 is 33.1 Å². The molecule has 1 saturated heterocycles. The molecule has 228 valence electrons. The van der Waals surface area contributed by atoms with Crippen molar-refractivity contribution in [2.75, 3.05) is 26.4 Å². The summed E-state index contributed by atoms with van der Waals surface area (Å²) >= 11 is 0. The van der Waals surface area contributed by atoms with Gasteiger partial charge >= 0.3 is 7.60 Å². The summed E-state index contributed by atoms with van der Waals surface area (Å²) in [5, 5.41) is 10.4. The van der Waals surface area contributed by atoms with E-state index in [4.69, 9.17) is 28.0 Å². The Morgan fingerprint density at radius 1 is 0.810 bits per heavy atom. The molecule has 0 spiro atoms. The first-order chi connectivity index (χ1) is 20.5. The van der Waals surface area contributed by atoms with Crippen LogP contribution >= 0.6 is 7.60 Å². The van der Waals surface area contributed by atoms with Crippen LogP contribution in [0, 0.1) is 0 Å². The van der Waals surface area contributed by atoms with Crippen LogP contribution in [0.4, 0.5) is 4.39 Å². The number of hydrogen-bond acceptors (Lipinski definition) is 8. The van der Waals surface area contributed by atoms with Gasteiger partial charge in [-0.05, 0) is 30.5 Å². The Balaban J connectivity index is 1.72. The molecule has 0 bridgehead atoms. The first kappa shape index (κ1) is 32.5. The van der Waals surface area contributed by atoms with Crippen LogP contribution < -0.4 is 0 Å². The van der Waals surface area contributed by atoms with E-state index in [0.29, 0.717) is 0 Å². The molecule has 42 heavy (non-hydrogen) atoms. The number of ether oxygens (including phenoxy) is 4. The van der Waals surface area contributed by atoms with Gasteiger partial charge in [-0.25, -0.2) is 4.39 Å². The van der Waals surface area contributed by atoms with E-state index in [0.717, 1.165) is 16.7 Å². The highest BCUT2D eigenvalue weighted by Gasteiger charge is 2.66. The lowest BCUT2D eigenvalue weighted by Gasteiger charge is -2.39. The van der Waals surface area contributed by atoms with Gasteiger partial charge in [-0.2, -0.15) is 0 Å². The molecule has 4 rings (SSSR count). The molecule has 1 heterocycles. The average Bonchev–Trinajstić information content (AvgIpc) is 3.33.